The fourth-order valence-electron chi connectivity index (χ4n) is 1.66. The van der Waals surface area contributed by atoms with Crippen LogP contribution in [-0.2, 0) is 14.3 Å². The van der Waals surface area contributed by atoms with Gasteiger partial charge in [-0.1, -0.05) is 6.08 Å². The molecule has 0 aromatic rings. The lowest BCUT2D eigenvalue weighted by atomic mass is 10.0. The summed E-state index contributed by atoms with van der Waals surface area (Å²) in [5.74, 6) is -0.575. The largest absolute Gasteiger partial charge is 0.344 e. The maximum absolute atomic E-state index is 11.3. The van der Waals surface area contributed by atoms with Crippen LogP contribution in [0.5, 0.6) is 0 Å². The van der Waals surface area contributed by atoms with Crippen LogP contribution >= 0.6 is 0 Å². The van der Waals surface area contributed by atoms with E-state index >= 15 is 0 Å². The molecule has 12 heavy (non-hydrogen) atoms. The van der Waals surface area contributed by atoms with Crippen LogP contribution in [0.1, 0.15) is 20.3 Å². The van der Waals surface area contributed by atoms with Gasteiger partial charge in [-0.05, 0) is 26.3 Å². The van der Waals surface area contributed by atoms with Gasteiger partial charge in [0, 0.05) is 0 Å². The maximum Gasteiger partial charge on any atom is 0.186 e. The normalized spacial score (nSPS) is 38.3. The third kappa shape index (κ3) is 1.19. The highest BCUT2D eigenvalue weighted by Gasteiger charge is 2.44. The first-order chi connectivity index (χ1) is 5.58. The third-order valence-corrected chi connectivity index (χ3v) is 2.11. The Morgan fingerprint density at radius 2 is 2.25 bits per heavy atom. The Kier molecular flexibility index (Phi) is 1.59. The van der Waals surface area contributed by atoms with E-state index in [2.05, 4.69) is 0 Å². The average Bonchev–Trinajstić information content (AvgIpc) is 2.25. The molecule has 1 aliphatic carbocycles. The molecule has 0 amide bonds. The second-order valence-electron chi connectivity index (χ2n) is 3.64. The lowest BCUT2D eigenvalue weighted by Crippen LogP contribution is -2.32. The zero-order valence-electron chi connectivity index (χ0n) is 7.24. The smallest absolute Gasteiger partial charge is 0.186 e. The Hall–Kier alpha value is -0.670. The quantitative estimate of drug-likeness (QED) is 0.542. The van der Waals surface area contributed by atoms with Crippen LogP contribution < -0.4 is 0 Å². The van der Waals surface area contributed by atoms with E-state index in [0.29, 0.717) is 0 Å². The van der Waals surface area contributed by atoms with Gasteiger partial charge in [-0.15, -0.1) is 0 Å². The summed E-state index contributed by atoms with van der Waals surface area (Å²) in [6.07, 6.45) is 3.75. The van der Waals surface area contributed by atoms with E-state index in [1.54, 1.807) is 6.08 Å². The molecule has 3 nitrogen and oxygen atoms in total. The van der Waals surface area contributed by atoms with Crippen LogP contribution in [0.4, 0.5) is 0 Å². The van der Waals surface area contributed by atoms with Gasteiger partial charge in [0.05, 0.1) is 6.10 Å². The predicted molar refractivity (Wildman–Crippen MR) is 42.6 cm³/mol. The Morgan fingerprint density at radius 3 is 2.92 bits per heavy atom. The molecule has 0 saturated carbocycles. The van der Waals surface area contributed by atoms with Crippen LogP contribution in [0.25, 0.3) is 0 Å². The monoisotopic (exact) mass is 168 g/mol. The number of ketones is 1. The van der Waals surface area contributed by atoms with Crippen LogP contribution in [0.2, 0.25) is 0 Å². The molecule has 3 heteroatoms. The molecule has 1 fully saturated rings. The van der Waals surface area contributed by atoms with Gasteiger partial charge in [0.2, 0.25) is 0 Å². The first-order valence-electron chi connectivity index (χ1n) is 4.14. The number of fused-ring (bicyclic) bond motifs is 1. The van der Waals surface area contributed by atoms with Crippen molar-refractivity contribution in [1.82, 2.24) is 0 Å². The first kappa shape index (κ1) is 7.95. The number of hydrogen-bond donors (Lipinski definition) is 0. The molecule has 0 radical (unpaired) electrons. The topological polar surface area (TPSA) is 35.5 Å². The van der Waals surface area contributed by atoms with Crippen molar-refractivity contribution < 1.29 is 14.3 Å². The van der Waals surface area contributed by atoms with Gasteiger partial charge in [0.25, 0.3) is 0 Å². The van der Waals surface area contributed by atoms with Gasteiger partial charge in [0.1, 0.15) is 6.10 Å². The fraction of sp³-hybridized carbons (Fsp3) is 0.667. The lowest BCUT2D eigenvalue weighted by molar-refractivity contribution is -0.152. The van der Waals surface area contributed by atoms with Gasteiger partial charge in [0.15, 0.2) is 11.6 Å². The minimum atomic E-state index is -0.600. The van der Waals surface area contributed by atoms with Gasteiger partial charge in [-0.2, -0.15) is 0 Å². The van der Waals surface area contributed by atoms with E-state index in [0.717, 1.165) is 6.42 Å². The molecule has 1 aliphatic heterocycles. The molecule has 66 valence electrons. The summed E-state index contributed by atoms with van der Waals surface area (Å²) in [4.78, 5) is 11.3. The molecule has 0 aromatic carbocycles. The summed E-state index contributed by atoms with van der Waals surface area (Å²) in [5.41, 5.74) is 0. The number of hydrogen-bond acceptors (Lipinski definition) is 3. The van der Waals surface area contributed by atoms with Crippen molar-refractivity contribution >= 4 is 5.78 Å². The van der Waals surface area contributed by atoms with Gasteiger partial charge >= 0.3 is 0 Å². The molecule has 2 rings (SSSR count). The third-order valence-electron chi connectivity index (χ3n) is 2.11. The van der Waals surface area contributed by atoms with Gasteiger partial charge in [-0.25, -0.2) is 0 Å². The average molecular weight is 168 g/mol. The SMILES string of the molecule is CC1(C)O[C@H]2CC=CC(=O)[C@@H]2O1. The Balaban J connectivity index is 2.20. The standard InChI is InChI=1S/C9H12O3/c1-9(2)11-7-5-3-4-6(10)8(7)12-9/h3-4,7-8H,5H2,1-2H3/t7-,8-/m0/s1. The van der Waals surface area contributed by atoms with Crippen molar-refractivity contribution in [3.63, 3.8) is 0 Å². The number of carbonyl (C=O) groups is 1. The summed E-state index contributed by atoms with van der Waals surface area (Å²) in [7, 11) is 0. The molecule has 1 heterocycles. The van der Waals surface area contributed by atoms with Crippen molar-refractivity contribution in [2.24, 2.45) is 0 Å². The zero-order chi connectivity index (χ0) is 8.77. The van der Waals surface area contributed by atoms with Gasteiger partial charge in [-0.3, -0.25) is 4.79 Å². The molecule has 2 atom stereocenters. The van der Waals surface area contributed by atoms with E-state index in [-0.39, 0.29) is 18.0 Å². The molecule has 0 unspecified atom stereocenters. The molecular weight excluding hydrogens is 156 g/mol. The zero-order valence-corrected chi connectivity index (χ0v) is 7.24. The van der Waals surface area contributed by atoms with Crippen molar-refractivity contribution in [3.8, 4) is 0 Å². The van der Waals surface area contributed by atoms with Crippen molar-refractivity contribution in [3.05, 3.63) is 12.2 Å². The van der Waals surface area contributed by atoms with Crippen molar-refractivity contribution in [1.29, 1.82) is 0 Å². The van der Waals surface area contributed by atoms with E-state index in [1.807, 2.05) is 19.9 Å². The Bertz CT molecular complexity index is 242. The second-order valence-corrected chi connectivity index (χ2v) is 3.64. The summed E-state index contributed by atoms with van der Waals surface area (Å²) < 4.78 is 11.0. The van der Waals surface area contributed by atoms with Crippen LogP contribution in [0.3, 0.4) is 0 Å². The molecule has 2 aliphatic rings. The van der Waals surface area contributed by atoms with Crippen LogP contribution in [-0.4, -0.2) is 23.8 Å². The fourth-order valence-corrected chi connectivity index (χ4v) is 1.66. The minimum Gasteiger partial charge on any atom is -0.344 e. The van der Waals surface area contributed by atoms with Crippen molar-refractivity contribution in [2.75, 3.05) is 0 Å². The second kappa shape index (κ2) is 2.41. The Labute approximate surface area is 71.3 Å². The summed E-state index contributed by atoms with van der Waals surface area (Å²) in [6, 6.07) is 0. The van der Waals surface area contributed by atoms with Crippen LogP contribution in [0.15, 0.2) is 12.2 Å². The number of rotatable bonds is 0. The highest BCUT2D eigenvalue weighted by molar-refractivity contribution is 5.95. The molecular formula is C9H12O3. The number of ether oxygens (including phenoxy) is 2. The van der Waals surface area contributed by atoms with Gasteiger partial charge < -0.3 is 9.47 Å². The van der Waals surface area contributed by atoms with E-state index in [4.69, 9.17) is 9.47 Å². The van der Waals surface area contributed by atoms with E-state index in [1.165, 1.54) is 0 Å². The first-order valence-corrected chi connectivity index (χ1v) is 4.14. The molecule has 0 N–H and O–H groups in total. The van der Waals surface area contributed by atoms with Crippen LogP contribution in [0, 0.1) is 0 Å². The molecule has 0 spiro atoms. The molecule has 0 bridgehead atoms. The lowest BCUT2D eigenvalue weighted by Gasteiger charge is -2.15. The van der Waals surface area contributed by atoms with E-state index < -0.39 is 5.79 Å². The highest BCUT2D eigenvalue weighted by atomic mass is 16.8. The summed E-state index contributed by atoms with van der Waals surface area (Å²) in [6.45, 7) is 3.66. The summed E-state index contributed by atoms with van der Waals surface area (Å²) >= 11 is 0. The maximum atomic E-state index is 11.3. The molecule has 0 aromatic heterocycles. The van der Waals surface area contributed by atoms with Crippen molar-refractivity contribution in [2.45, 2.75) is 38.3 Å². The Morgan fingerprint density at radius 1 is 1.50 bits per heavy atom. The number of carbonyl (C=O) groups excluding carboxylic acids is 1. The molecule has 1 saturated heterocycles. The minimum absolute atomic E-state index is 0.0248. The predicted octanol–water partition coefficient (Wildman–Crippen LogP) is 1.04. The summed E-state index contributed by atoms with van der Waals surface area (Å²) in [5, 5.41) is 0. The van der Waals surface area contributed by atoms with E-state index in [9.17, 15) is 4.79 Å². The highest BCUT2D eigenvalue weighted by Crippen LogP contribution is 2.32.